The van der Waals surface area contributed by atoms with E-state index in [1.54, 1.807) is 36.4 Å². The minimum Gasteiger partial charge on any atom is -0.495 e. The van der Waals surface area contributed by atoms with Crippen LogP contribution in [0.2, 0.25) is 0 Å². The molecule has 0 atom stereocenters. The van der Waals surface area contributed by atoms with Gasteiger partial charge in [-0.05, 0) is 73.5 Å². The number of carbonyl (C=O) groups excluding carboxylic acids is 1. The Bertz CT molecular complexity index is 1190. The quantitative estimate of drug-likeness (QED) is 0.503. The van der Waals surface area contributed by atoms with Gasteiger partial charge in [0.25, 0.3) is 15.9 Å². The molecular weight excluding hydrogens is 468 g/mol. The second kappa shape index (κ2) is 8.89. The number of nitrogens with one attached hydrogen (secondary N) is 2. The van der Waals surface area contributed by atoms with Crippen LogP contribution in [-0.2, 0) is 10.0 Å². The van der Waals surface area contributed by atoms with Crippen LogP contribution in [0.1, 0.15) is 21.5 Å². The molecule has 3 aromatic rings. The van der Waals surface area contributed by atoms with Crippen LogP contribution in [0.4, 0.5) is 11.4 Å². The monoisotopic (exact) mass is 488 g/mol. The summed E-state index contributed by atoms with van der Waals surface area (Å²) in [5.41, 5.74) is 3.15. The van der Waals surface area contributed by atoms with E-state index in [9.17, 15) is 13.2 Å². The summed E-state index contributed by atoms with van der Waals surface area (Å²) in [5.74, 6) is -0.144. The average Bonchev–Trinajstić information content (AvgIpc) is 2.71. The topological polar surface area (TPSA) is 84.5 Å². The van der Waals surface area contributed by atoms with Crippen molar-refractivity contribution in [1.82, 2.24) is 0 Å². The molecule has 0 aromatic heterocycles. The van der Waals surface area contributed by atoms with E-state index in [2.05, 4.69) is 26.0 Å². The molecule has 0 unspecified atom stereocenters. The lowest BCUT2D eigenvalue weighted by molar-refractivity contribution is 0.102. The van der Waals surface area contributed by atoms with Gasteiger partial charge < -0.3 is 10.1 Å². The molecule has 3 aromatic carbocycles. The van der Waals surface area contributed by atoms with Gasteiger partial charge in [0.2, 0.25) is 0 Å². The largest absolute Gasteiger partial charge is 0.495 e. The maximum atomic E-state index is 13.0. The molecule has 0 aliphatic rings. The number of hydrogen-bond donors (Lipinski definition) is 2. The van der Waals surface area contributed by atoms with E-state index < -0.39 is 10.0 Å². The SMILES string of the molecule is COc1ccc(NC(=O)c2cccc(C)c2C)cc1S(=O)(=O)Nc1ccc(Br)cc1. The lowest BCUT2D eigenvalue weighted by Gasteiger charge is -2.14. The zero-order chi connectivity index (χ0) is 21.9. The normalized spacial score (nSPS) is 11.1. The predicted molar refractivity (Wildman–Crippen MR) is 122 cm³/mol. The van der Waals surface area contributed by atoms with Crippen LogP contribution in [0.3, 0.4) is 0 Å². The van der Waals surface area contributed by atoms with E-state index in [-0.39, 0.29) is 16.6 Å². The molecule has 0 radical (unpaired) electrons. The lowest BCUT2D eigenvalue weighted by atomic mass is 10.0. The smallest absolute Gasteiger partial charge is 0.265 e. The van der Waals surface area contributed by atoms with E-state index >= 15 is 0 Å². The number of benzene rings is 3. The first-order valence-corrected chi connectivity index (χ1v) is 11.3. The highest BCUT2D eigenvalue weighted by Gasteiger charge is 2.21. The number of methoxy groups -OCH3 is 1. The highest BCUT2D eigenvalue weighted by atomic mass is 79.9. The highest BCUT2D eigenvalue weighted by molar-refractivity contribution is 9.10. The first-order valence-electron chi connectivity index (χ1n) is 9.05. The van der Waals surface area contributed by atoms with Crippen molar-refractivity contribution >= 4 is 43.2 Å². The number of halogens is 1. The number of hydrogen-bond acceptors (Lipinski definition) is 4. The fourth-order valence-electron chi connectivity index (χ4n) is 2.89. The Kier molecular flexibility index (Phi) is 6.48. The number of ether oxygens (including phenoxy) is 1. The molecule has 0 bridgehead atoms. The van der Waals surface area contributed by atoms with Crippen LogP contribution in [0.15, 0.2) is 70.0 Å². The van der Waals surface area contributed by atoms with Gasteiger partial charge in [-0.1, -0.05) is 28.1 Å². The minimum absolute atomic E-state index is 0.0771. The number of carbonyl (C=O) groups is 1. The summed E-state index contributed by atoms with van der Waals surface area (Å²) < 4.78 is 34.5. The third kappa shape index (κ3) is 4.83. The summed E-state index contributed by atoms with van der Waals surface area (Å²) >= 11 is 3.32. The second-order valence-corrected chi connectivity index (χ2v) is 9.25. The minimum atomic E-state index is -3.95. The number of amides is 1. The van der Waals surface area contributed by atoms with Crippen LogP contribution >= 0.6 is 15.9 Å². The first-order chi connectivity index (χ1) is 14.2. The molecule has 0 heterocycles. The van der Waals surface area contributed by atoms with Gasteiger partial charge in [0.05, 0.1) is 7.11 Å². The zero-order valence-electron chi connectivity index (χ0n) is 16.7. The van der Waals surface area contributed by atoms with Crippen molar-refractivity contribution in [1.29, 1.82) is 0 Å². The molecule has 1 amide bonds. The van der Waals surface area contributed by atoms with Gasteiger partial charge >= 0.3 is 0 Å². The van der Waals surface area contributed by atoms with Crippen molar-refractivity contribution in [3.8, 4) is 5.75 Å². The van der Waals surface area contributed by atoms with E-state index in [1.807, 2.05) is 26.0 Å². The molecule has 0 saturated carbocycles. The van der Waals surface area contributed by atoms with E-state index in [4.69, 9.17) is 4.74 Å². The Balaban J connectivity index is 1.92. The van der Waals surface area contributed by atoms with Crippen molar-refractivity contribution in [2.24, 2.45) is 0 Å². The van der Waals surface area contributed by atoms with Crippen molar-refractivity contribution in [2.45, 2.75) is 18.7 Å². The van der Waals surface area contributed by atoms with Gasteiger partial charge in [0, 0.05) is 21.4 Å². The maximum Gasteiger partial charge on any atom is 0.265 e. The second-order valence-electron chi connectivity index (χ2n) is 6.68. The van der Waals surface area contributed by atoms with E-state index in [0.29, 0.717) is 16.9 Å². The molecule has 0 aliphatic heterocycles. The lowest BCUT2D eigenvalue weighted by Crippen LogP contribution is -2.16. The summed E-state index contributed by atoms with van der Waals surface area (Å²) in [6.07, 6.45) is 0. The van der Waals surface area contributed by atoms with Gasteiger partial charge in [-0.15, -0.1) is 0 Å². The summed E-state index contributed by atoms with van der Waals surface area (Å²) in [4.78, 5) is 12.6. The third-order valence-corrected chi connectivity index (χ3v) is 6.59. The maximum absolute atomic E-state index is 13.0. The average molecular weight is 489 g/mol. The molecule has 6 nitrogen and oxygen atoms in total. The number of aryl methyl sites for hydroxylation is 1. The summed E-state index contributed by atoms with van der Waals surface area (Å²) in [5, 5.41) is 2.77. The molecule has 2 N–H and O–H groups in total. The summed E-state index contributed by atoms with van der Waals surface area (Å²) in [6.45, 7) is 3.80. The van der Waals surface area contributed by atoms with Crippen molar-refractivity contribution in [3.05, 3.63) is 81.8 Å². The number of rotatable bonds is 6. The molecule has 0 fully saturated rings. The molecule has 8 heteroatoms. The third-order valence-electron chi connectivity index (χ3n) is 4.66. The number of anilines is 2. The first kappa shape index (κ1) is 21.9. The summed E-state index contributed by atoms with van der Waals surface area (Å²) in [7, 11) is -2.56. The van der Waals surface area contributed by atoms with Gasteiger partial charge in [-0.3, -0.25) is 9.52 Å². The molecule has 156 valence electrons. The van der Waals surface area contributed by atoms with Crippen LogP contribution in [0, 0.1) is 13.8 Å². The Labute approximate surface area is 184 Å². The molecule has 0 aliphatic carbocycles. The van der Waals surface area contributed by atoms with Crippen LogP contribution in [0.25, 0.3) is 0 Å². The Hall–Kier alpha value is -2.84. The van der Waals surface area contributed by atoms with E-state index in [1.165, 1.54) is 19.2 Å². The van der Waals surface area contributed by atoms with Crippen LogP contribution in [-0.4, -0.2) is 21.4 Å². The fraction of sp³-hybridized carbons (Fsp3) is 0.136. The van der Waals surface area contributed by atoms with Crippen molar-refractivity contribution in [2.75, 3.05) is 17.1 Å². The Morgan fingerprint density at radius 2 is 1.63 bits per heavy atom. The predicted octanol–water partition coefficient (Wildman–Crippen LogP) is 5.13. The zero-order valence-corrected chi connectivity index (χ0v) is 19.1. The Morgan fingerprint density at radius 1 is 0.967 bits per heavy atom. The molecular formula is C22H21BrN2O4S. The van der Waals surface area contributed by atoms with Gasteiger partial charge in [-0.2, -0.15) is 0 Å². The highest BCUT2D eigenvalue weighted by Crippen LogP contribution is 2.29. The number of sulfonamides is 1. The van der Waals surface area contributed by atoms with Crippen LogP contribution < -0.4 is 14.8 Å². The van der Waals surface area contributed by atoms with Gasteiger partial charge in [0.1, 0.15) is 10.6 Å². The molecule has 30 heavy (non-hydrogen) atoms. The van der Waals surface area contributed by atoms with E-state index in [0.717, 1.165) is 15.6 Å². The molecule has 0 saturated heterocycles. The van der Waals surface area contributed by atoms with Crippen molar-refractivity contribution < 1.29 is 17.9 Å². The summed E-state index contributed by atoms with van der Waals surface area (Å²) in [6, 6.07) is 16.7. The fourth-order valence-corrected chi connectivity index (χ4v) is 4.41. The van der Waals surface area contributed by atoms with Gasteiger partial charge in [-0.25, -0.2) is 8.42 Å². The van der Waals surface area contributed by atoms with Gasteiger partial charge in [0.15, 0.2) is 0 Å². The standard InChI is InChI=1S/C22H21BrN2O4S/c1-14-5-4-6-19(15(14)2)22(26)24-18-11-12-20(29-3)21(13-18)30(27,28)25-17-9-7-16(23)8-10-17/h4-13,25H,1-3H3,(H,24,26). The molecule has 3 rings (SSSR count). The van der Waals surface area contributed by atoms with Crippen LogP contribution in [0.5, 0.6) is 5.75 Å². The van der Waals surface area contributed by atoms with Crippen molar-refractivity contribution in [3.63, 3.8) is 0 Å². The Morgan fingerprint density at radius 3 is 2.30 bits per heavy atom. The molecule has 0 spiro atoms.